The molecule has 1 aromatic carbocycles. The average Bonchev–Trinajstić information content (AvgIpc) is 2.08. The Morgan fingerprint density at radius 3 is 1.75 bits per heavy atom. The van der Waals surface area contributed by atoms with E-state index in [9.17, 15) is 0 Å². The second-order valence-electron chi connectivity index (χ2n) is 3.08. The van der Waals surface area contributed by atoms with E-state index in [1.807, 2.05) is 20.8 Å². The zero-order valence-electron chi connectivity index (χ0n) is 7.65. The van der Waals surface area contributed by atoms with Gasteiger partial charge in [0.05, 0.1) is 10.2 Å². The summed E-state index contributed by atoms with van der Waals surface area (Å²) in [4.78, 5) is 0. The molecule has 0 saturated carbocycles. The van der Waals surface area contributed by atoms with Crippen molar-refractivity contribution in [3.63, 3.8) is 0 Å². The Balaban J connectivity index is 3.60. The molecule has 0 amide bonds. The van der Waals surface area contributed by atoms with Crippen LogP contribution in [0.1, 0.15) is 16.7 Å². The molecule has 0 fully saturated rings. The van der Waals surface area contributed by atoms with Crippen LogP contribution >= 0.6 is 0 Å². The molecule has 4 N–H and O–H groups in total. The number of anilines is 2. The van der Waals surface area contributed by atoms with Crippen LogP contribution in [0.25, 0.3) is 0 Å². The van der Waals surface area contributed by atoms with Gasteiger partial charge in [-0.3, -0.25) is 0 Å². The van der Waals surface area contributed by atoms with E-state index in [2.05, 4.69) is 10.2 Å². The van der Waals surface area contributed by atoms with Gasteiger partial charge in [-0.05, 0) is 42.6 Å². The Labute approximate surface area is 76.4 Å². The first kappa shape index (κ1) is 9.13. The van der Waals surface area contributed by atoms with E-state index >= 15 is 0 Å². The fourth-order valence-electron chi connectivity index (χ4n) is 1.21. The normalized spacial score (nSPS) is 10.3. The minimum Gasteiger partial charge on any atom is -0.399 e. The Kier molecular flexibility index (Phi) is 2.15. The highest BCUT2D eigenvalue weighted by molar-refractivity contribution is 6.37. The fraction of sp³-hybridized carbons (Fsp3) is 0.333. The lowest BCUT2D eigenvalue weighted by Crippen LogP contribution is -2.18. The number of nitrogens with two attached hydrogens (primary N) is 2. The van der Waals surface area contributed by atoms with Crippen molar-refractivity contribution < 1.29 is 0 Å². The SMILES string of the molecule is Cc1c(C)c(N)c([Si])c(C)c1N. The Hall–Kier alpha value is -0.963. The molecule has 1 aromatic rings. The molecule has 2 nitrogen and oxygen atoms in total. The maximum atomic E-state index is 5.87. The first-order valence-electron chi connectivity index (χ1n) is 3.83. The number of rotatable bonds is 0. The molecule has 0 aliphatic rings. The van der Waals surface area contributed by atoms with E-state index in [0.29, 0.717) is 0 Å². The summed E-state index contributed by atoms with van der Waals surface area (Å²) in [5.74, 6) is 0. The highest BCUT2D eigenvalue weighted by atomic mass is 28.1. The lowest BCUT2D eigenvalue weighted by molar-refractivity contribution is 1.33. The van der Waals surface area contributed by atoms with E-state index in [-0.39, 0.29) is 0 Å². The van der Waals surface area contributed by atoms with Gasteiger partial charge >= 0.3 is 0 Å². The minimum absolute atomic E-state index is 0.788. The van der Waals surface area contributed by atoms with Crippen LogP contribution in [0.3, 0.4) is 0 Å². The third-order valence-electron chi connectivity index (χ3n) is 2.42. The zero-order chi connectivity index (χ0) is 9.46. The Morgan fingerprint density at radius 1 is 0.833 bits per heavy atom. The van der Waals surface area contributed by atoms with Gasteiger partial charge < -0.3 is 11.5 Å². The van der Waals surface area contributed by atoms with E-state index < -0.39 is 0 Å². The summed E-state index contributed by atoms with van der Waals surface area (Å²) in [6.07, 6.45) is 0. The summed E-state index contributed by atoms with van der Waals surface area (Å²) in [6, 6.07) is 0. The van der Waals surface area contributed by atoms with Crippen molar-refractivity contribution in [3.8, 4) is 0 Å². The van der Waals surface area contributed by atoms with Gasteiger partial charge in [0.15, 0.2) is 0 Å². The van der Waals surface area contributed by atoms with Gasteiger partial charge in [0, 0.05) is 11.4 Å². The largest absolute Gasteiger partial charge is 0.399 e. The fourth-order valence-corrected chi connectivity index (χ4v) is 1.53. The van der Waals surface area contributed by atoms with Gasteiger partial charge in [0.2, 0.25) is 0 Å². The topological polar surface area (TPSA) is 52.0 Å². The van der Waals surface area contributed by atoms with Crippen molar-refractivity contribution in [1.29, 1.82) is 0 Å². The van der Waals surface area contributed by atoms with E-state index in [1.165, 1.54) is 0 Å². The monoisotopic (exact) mass is 177 g/mol. The van der Waals surface area contributed by atoms with Gasteiger partial charge in [0.25, 0.3) is 0 Å². The predicted octanol–water partition coefficient (Wildman–Crippen LogP) is 0.570. The molecule has 0 bridgehead atoms. The summed E-state index contributed by atoms with van der Waals surface area (Å²) in [7, 11) is 3.46. The molecule has 0 spiro atoms. The summed E-state index contributed by atoms with van der Waals surface area (Å²) in [5, 5.41) is 0.913. The van der Waals surface area contributed by atoms with Crippen molar-refractivity contribution in [2.75, 3.05) is 11.5 Å². The smallest absolute Gasteiger partial charge is 0.0746 e. The van der Waals surface area contributed by atoms with Gasteiger partial charge in [-0.1, -0.05) is 0 Å². The molecule has 0 unspecified atom stereocenters. The highest BCUT2D eigenvalue weighted by Crippen LogP contribution is 2.22. The third kappa shape index (κ3) is 1.10. The maximum absolute atomic E-state index is 5.87. The molecule has 0 heterocycles. The van der Waals surface area contributed by atoms with E-state index in [4.69, 9.17) is 11.5 Å². The molecular formula is C9H13N2Si. The molecule has 0 saturated heterocycles. The second kappa shape index (κ2) is 2.82. The molecule has 3 radical (unpaired) electrons. The van der Waals surface area contributed by atoms with Gasteiger partial charge in [-0.15, -0.1) is 0 Å². The van der Waals surface area contributed by atoms with Crippen LogP contribution in [0.15, 0.2) is 0 Å². The first-order valence-corrected chi connectivity index (χ1v) is 4.33. The first-order chi connectivity index (χ1) is 5.46. The molecule has 3 heteroatoms. The number of nitrogen functional groups attached to an aromatic ring is 2. The van der Waals surface area contributed by atoms with Gasteiger partial charge in [-0.2, -0.15) is 0 Å². The van der Waals surface area contributed by atoms with Gasteiger partial charge in [-0.25, -0.2) is 0 Å². The lowest BCUT2D eigenvalue weighted by Gasteiger charge is -2.14. The van der Waals surface area contributed by atoms with Crippen molar-refractivity contribution in [3.05, 3.63) is 16.7 Å². The predicted molar refractivity (Wildman–Crippen MR) is 54.9 cm³/mol. The lowest BCUT2D eigenvalue weighted by atomic mass is 10.0. The Morgan fingerprint density at radius 2 is 1.25 bits per heavy atom. The van der Waals surface area contributed by atoms with Crippen LogP contribution in [0.5, 0.6) is 0 Å². The second-order valence-corrected chi connectivity index (χ2v) is 3.58. The molecule has 0 aromatic heterocycles. The molecule has 0 aliphatic heterocycles. The van der Waals surface area contributed by atoms with E-state index in [1.54, 1.807) is 0 Å². The third-order valence-corrected chi connectivity index (χ3v) is 3.06. The standard InChI is InChI=1S/C9H13N2Si/c1-4-5(2)8(11)9(12)6(3)7(4)10/h10-11H2,1-3H3. The van der Waals surface area contributed by atoms with Crippen LogP contribution in [0.2, 0.25) is 0 Å². The molecular weight excluding hydrogens is 164 g/mol. The molecule has 1 rings (SSSR count). The molecule has 63 valence electrons. The minimum atomic E-state index is 0.788. The van der Waals surface area contributed by atoms with Crippen LogP contribution < -0.4 is 16.7 Å². The van der Waals surface area contributed by atoms with Crippen molar-refractivity contribution in [2.45, 2.75) is 20.8 Å². The zero-order valence-corrected chi connectivity index (χ0v) is 8.65. The maximum Gasteiger partial charge on any atom is 0.0746 e. The van der Waals surface area contributed by atoms with Crippen LogP contribution in [0.4, 0.5) is 11.4 Å². The molecule has 0 aliphatic carbocycles. The molecule has 12 heavy (non-hydrogen) atoms. The van der Waals surface area contributed by atoms with Crippen molar-refractivity contribution in [1.82, 2.24) is 0 Å². The Bertz CT molecular complexity index is 227. The van der Waals surface area contributed by atoms with E-state index in [0.717, 1.165) is 33.3 Å². The number of benzene rings is 1. The average molecular weight is 177 g/mol. The quantitative estimate of drug-likeness (QED) is 0.449. The number of hydrogen-bond acceptors (Lipinski definition) is 2. The van der Waals surface area contributed by atoms with Gasteiger partial charge in [0.1, 0.15) is 0 Å². The summed E-state index contributed by atoms with van der Waals surface area (Å²) < 4.78 is 0. The summed E-state index contributed by atoms with van der Waals surface area (Å²) in [5.41, 5.74) is 16.5. The number of hydrogen-bond donors (Lipinski definition) is 2. The molecule has 0 atom stereocenters. The van der Waals surface area contributed by atoms with Crippen LogP contribution in [0, 0.1) is 20.8 Å². The summed E-state index contributed by atoms with van der Waals surface area (Å²) in [6.45, 7) is 5.92. The highest BCUT2D eigenvalue weighted by Gasteiger charge is 2.09. The van der Waals surface area contributed by atoms with Crippen molar-refractivity contribution >= 4 is 26.8 Å². The summed E-state index contributed by atoms with van der Waals surface area (Å²) >= 11 is 0. The van der Waals surface area contributed by atoms with Crippen molar-refractivity contribution in [2.24, 2.45) is 0 Å². The van der Waals surface area contributed by atoms with Crippen LogP contribution in [-0.2, 0) is 0 Å². The van der Waals surface area contributed by atoms with Crippen LogP contribution in [-0.4, -0.2) is 10.2 Å².